The highest BCUT2D eigenvalue weighted by atomic mass is 16.7. The number of benzene rings is 1. The van der Waals surface area contributed by atoms with Gasteiger partial charge in [-0.2, -0.15) is 0 Å². The van der Waals surface area contributed by atoms with Crippen LogP contribution in [0.5, 0.6) is 5.75 Å². The van der Waals surface area contributed by atoms with Crippen LogP contribution in [0.3, 0.4) is 0 Å². The van der Waals surface area contributed by atoms with Crippen molar-refractivity contribution in [2.75, 3.05) is 21.3 Å². The van der Waals surface area contributed by atoms with E-state index < -0.39 is 6.29 Å². The molecule has 0 aliphatic carbocycles. The number of fused-ring (bicyclic) bond motifs is 3. The molecule has 0 unspecified atom stereocenters. The van der Waals surface area contributed by atoms with E-state index in [1.54, 1.807) is 7.11 Å². The van der Waals surface area contributed by atoms with E-state index in [4.69, 9.17) is 14.2 Å². The Morgan fingerprint density at radius 3 is 2.73 bits per heavy atom. The van der Waals surface area contributed by atoms with Gasteiger partial charge in [0.15, 0.2) is 6.29 Å². The Kier molecular flexibility index (Phi) is 3.82. The van der Waals surface area contributed by atoms with E-state index in [-0.39, 0.29) is 12.1 Å². The van der Waals surface area contributed by atoms with E-state index in [9.17, 15) is 4.79 Å². The summed E-state index contributed by atoms with van der Waals surface area (Å²) in [5.41, 5.74) is 1.74. The molecule has 0 fully saturated rings. The van der Waals surface area contributed by atoms with E-state index in [1.807, 2.05) is 18.2 Å². The lowest BCUT2D eigenvalue weighted by molar-refractivity contribution is -0.111. The second-order valence-corrected chi connectivity index (χ2v) is 4.86. The number of rotatable bonds is 5. The third-order valence-electron chi connectivity index (χ3n) is 3.65. The molecule has 0 saturated heterocycles. The van der Waals surface area contributed by atoms with Gasteiger partial charge in [-0.15, -0.1) is 0 Å². The van der Waals surface area contributed by atoms with Crippen molar-refractivity contribution < 1.29 is 14.2 Å². The number of H-pyrrole nitrogens is 1. The molecular formula is C15H17N3O4. The van der Waals surface area contributed by atoms with Crippen molar-refractivity contribution in [3.8, 4) is 5.75 Å². The number of ether oxygens (including phenoxy) is 3. The molecule has 0 aliphatic rings. The Hall–Kier alpha value is -2.38. The molecule has 2 aromatic heterocycles. The Morgan fingerprint density at radius 1 is 1.27 bits per heavy atom. The minimum absolute atomic E-state index is 0.167. The molecule has 116 valence electrons. The van der Waals surface area contributed by atoms with Crippen LogP contribution in [0.1, 0.15) is 0 Å². The number of hydrogen-bond acceptors (Lipinski definition) is 5. The van der Waals surface area contributed by atoms with E-state index in [1.165, 1.54) is 25.1 Å². The van der Waals surface area contributed by atoms with Gasteiger partial charge in [0.1, 0.15) is 16.8 Å². The summed E-state index contributed by atoms with van der Waals surface area (Å²) in [6.07, 6.45) is 1.01. The first-order valence-corrected chi connectivity index (χ1v) is 6.78. The van der Waals surface area contributed by atoms with Crippen molar-refractivity contribution in [1.29, 1.82) is 0 Å². The molecule has 0 saturated carbocycles. The van der Waals surface area contributed by atoms with Gasteiger partial charge in [0.2, 0.25) is 0 Å². The van der Waals surface area contributed by atoms with Crippen molar-refractivity contribution in [2.45, 2.75) is 12.8 Å². The van der Waals surface area contributed by atoms with Crippen LogP contribution in [-0.4, -0.2) is 42.2 Å². The third-order valence-corrected chi connectivity index (χ3v) is 3.65. The molecule has 0 radical (unpaired) electrons. The van der Waals surface area contributed by atoms with Crippen molar-refractivity contribution >= 4 is 21.9 Å². The summed E-state index contributed by atoms with van der Waals surface area (Å²) < 4.78 is 16.9. The standard InChI is InChI=1S/C15H17N3O4/c1-20-9-4-5-10-11(6-9)17-14-13(10)16-8-18(15(14)19)7-12(21-2)22-3/h4-6,8,12,17H,7H2,1-3H3. The maximum Gasteiger partial charge on any atom is 0.277 e. The normalized spacial score (nSPS) is 11.6. The van der Waals surface area contributed by atoms with Gasteiger partial charge in [0.25, 0.3) is 5.56 Å². The fraction of sp³-hybridized carbons (Fsp3) is 0.333. The van der Waals surface area contributed by atoms with E-state index in [0.29, 0.717) is 11.0 Å². The number of hydrogen-bond donors (Lipinski definition) is 1. The van der Waals surface area contributed by atoms with Crippen LogP contribution < -0.4 is 10.3 Å². The first-order chi connectivity index (χ1) is 10.7. The highest BCUT2D eigenvalue weighted by Gasteiger charge is 2.14. The van der Waals surface area contributed by atoms with Crippen molar-refractivity contribution in [1.82, 2.24) is 14.5 Å². The number of nitrogens with zero attached hydrogens (tertiary/aromatic N) is 2. The minimum atomic E-state index is -0.499. The van der Waals surface area contributed by atoms with E-state index >= 15 is 0 Å². The van der Waals surface area contributed by atoms with E-state index in [0.717, 1.165) is 16.7 Å². The SMILES string of the molecule is COc1ccc2c(c1)[nH]c1c(=O)n(CC(OC)OC)cnc12. The quantitative estimate of drug-likeness (QED) is 0.723. The van der Waals surface area contributed by atoms with Gasteiger partial charge in [0.05, 0.1) is 25.5 Å². The summed E-state index contributed by atoms with van der Waals surface area (Å²) in [7, 11) is 4.66. The van der Waals surface area contributed by atoms with Gasteiger partial charge in [0, 0.05) is 25.7 Å². The zero-order chi connectivity index (χ0) is 15.7. The number of aromatic amines is 1. The average molecular weight is 303 g/mol. The molecule has 1 N–H and O–H groups in total. The maximum absolute atomic E-state index is 12.6. The molecule has 0 atom stereocenters. The minimum Gasteiger partial charge on any atom is -0.497 e. The lowest BCUT2D eigenvalue weighted by Gasteiger charge is -2.14. The molecular weight excluding hydrogens is 286 g/mol. The van der Waals surface area contributed by atoms with Gasteiger partial charge in [-0.05, 0) is 12.1 Å². The summed E-state index contributed by atoms with van der Waals surface area (Å²) >= 11 is 0. The molecule has 0 aliphatic heterocycles. The first kappa shape index (κ1) is 14.6. The highest BCUT2D eigenvalue weighted by Crippen LogP contribution is 2.25. The Bertz CT molecular complexity index is 864. The van der Waals surface area contributed by atoms with Gasteiger partial charge >= 0.3 is 0 Å². The zero-order valence-corrected chi connectivity index (χ0v) is 12.6. The van der Waals surface area contributed by atoms with Crippen LogP contribution in [0.2, 0.25) is 0 Å². The fourth-order valence-corrected chi connectivity index (χ4v) is 2.44. The molecule has 7 heteroatoms. The molecule has 1 aromatic carbocycles. The summed E-state index contributed by atoms with van der Waals surface area (Å²) in [6, 6.07) is 5.57. The number of aromatic nitrogens is 3. The van der Waals surface area contributed by atoms with Crippen molar-refractivity contribution in [3.63, 3.8) is 0 Å². The van der Waals surface area contributed by atoms with Gasteiger partial charge in [-0.25, -0.2) is 4.98 Å². The lowest BCUT2D eigenvalue weighted by atomic mass is 10.2. The molecule has 3 aromatic rings. The predicted molar refractivity (Wildman–Crippen MR) is 82.2 cm³/mol. The monoisotopic (exact) mass is 303 g/mol. The van der Waals surface area contributed by atoms with Crippen LogP contribution in [0, 0.1) is 0 Å². The number of nitrogens with one attached hydrogen (secondary N) is 1. The predicted octanol–water partition coefficient (Wildman–Crippen LogP) is 1.51. The maximum atomic E-state index is 12.6. The van der Waals surface area contributed by atoms with Gasteiger partial charge in [-0.1, -0.05) is 0 Å². The van der Waals surface area contributed by atoms with Crippen LogP contribution >= 0.6 is 0 Å². The number of methoxy groups -OCH3 is 3. The summed E-state index contributed by atoms with van der Waals surface area (Å²) in [5.74, 6) is 0.721. The average Bonchev–Trinajstić information content (AvgIpc) is 2.93. The molecule has 0 bridgehead atoms. The van der Waals surface area contributed by atoms with Crippen LogP contribution in [0.25, 0.3) is 21.9 Å². The smallest absolute Gasteiger partial charge is 0.277 e. The topological polar surface area (TPSA) is 78.4 Å². The molecule has 0 amide bonds. The van der Waals surface area contributed by atoms with Crippen molar-refractivity contribution in [3.05, 3.63) is 34.9 Å². The second kappa shape index (κ2) is 5.78. The Labute approximate surface area is 126 Å². The molecule has 7 nitrogen and oxygen atoms in total. The molecule has 0 spiro atoms. The molecule has 3 rings (SSSR count). The third kappa shape index (κ3) is 2.34. The highest BCUT2D eigenvalue weighted by molar-refractivity contribution is 6.04. The molecule has 22 heavy (non-hydrogen) atoms. The second-order valence-electron chi connectivity index (χ2n) is 4.86. The summed E-state index contributed by atoms with van der Waals surface area (Å²) in [5, 5.41) is 0.884. The van der Waals surface area contributed by atoms with Crippen LogP contribution in [0.15, 0.2) is 29.3 Å². The zero-order valence-electron chi connectivity index (χ0n) is 12.6. The largest absolute Gasteiger partial charge is 0.497 e. The van der Waals surface area contributed by atoms with Crippen molar-refractivity contribution in [2.24, 2.45) is 0 Å². The van der Waals surface area contributed by atoms with Crippen LogP contribution in [-0.2, 0) is 16.0 Å². The van der Waals surface area contributed by atoms with Gasteiger partial charge in [-0.3, -0.25) is 9.36 Å². The first-order valence-electron chi connectivity index (χ1n) is 6.78. The lowest BCUT2D eigenvalue weighted by Crippen LogP contribution is -2.29. The van der Waals surface area contributed by atoms with Gasteiger partial charge < -0.3 is 19.2 Å². The summed E-state index contributed by atoms with van der Waals surface area (Å²) in [4.78, 5) is 20.1. The summed E-state index contributed by atoms with van der Waals surface area (Å²) in [6.45, 7) is 0.271. The van der Waals surface area contributed by atoms with E-state index in [2.05, 4.69) is 9.97 Å². The Balaban J connectivity index is 2.14. The fourth-order valence-electron chi connectivity index (χ4n) is 2.44. The Morgan fingerprint density at radius 2 is 2.05 bits per heavy atom. The van der Waals surface area contributed by atoms with Crippen LogP contribution in [0.4, 0.5) is 0 Å². The molecule has 2 heterocycles.